The van der Waals surface area contributed by atoms with Crippen molar-refractivity contribution in [2.45, 2.75) is 19.4 Å². The van der Waals surface area contributed by atoms with Crippen LogP contribution in [0.15, 0.2) is 35.5 Å². The highest BCUT2D eigenvalue weighted by molar-refractivity contribution is 9.10. The highest BCUT2D eigenvalue weighted by Gasteiger charge is 2.07. The van der Waals surface area contributed by atoms with E-state index in [0.29, 0.717) is 12.6 Å². The molecule has 0 aliphatic carbocycles. The molecule has 100 valence electrons. The number of rotatable bonds is 8. The molecule has 0 amide bonds. The molecule has 0 aliphatic heterocycles. The van der Waals surface area contributed by atoms with Gasteiger partial charge in [0.05, 0.1) is 24.5 Å². The molecule has 0 fully saturated rings. The van der Waals surface area contributed by atoms with Crippen LogP contribution in [0.1, 0.15) is 24.9 Å². The van der Waals surface area contributed by atoms with E-state index in [1.165, 1.54) is 11.8 Å². The van der Waals surface area contributed by atoms with E-state index in [0.717, 1.165) is 23.2 Å². The van der Waals surface area contributed by atoms with E-state index in [2.05, 4.69) is 46.9 Å². The minimum atomic E-state index is 0.302. The summed E-state index contributed by atoms with van der Waals surface area (Å²) in [5.41, 5.74) is 1.23. The molecular weight excluding hydrogens is 294 g/mol. The van der Waals surface area contributed by atoms with E-state index in [1.54, 1.807) is 7.11 Å². The van der Waals surface area contributed by atoms with Crippen LogP contribution >= 0.6 is 15.9 Å². The lowest BCUT2D eigenvalue weighted by atomic mass is 10.1. The summed E-state index contributed by atoms with van der Waals surface area (Å²) in [7, 11) is 1.67. The molecule has 0 bridgehead atoms. The van der Waals surface area contributed by atoms with Crippen molar-refractivity contribution in [2.24, 2.45) is 0 Å². The van der Waals surface area contributed by atoms with Gasteiger partial charge >= 0.3 is 0 Å². The van der Waals surface area contributed by atoms with Gasteiger partial charge in [-0.3, -0.25) is 0 Å². The van der Waals surface area contributed by atoms with Gasteiger partial charge in [0.15, 0.2) is 0 Å². The van der Waals surface area contributed by atoms with Crippen LogP contribution in [0.3, 0.4) is 0 Å². The second-order valence-corrected chi connectivity index (χ2v) is 4.82. The fraction of sp³-hybridized carbons (Fsp3) is 0.429. The Kier molecular flexibility index (Phi) is 6.83. The normalized spacial score (nSPS) is 11.9. The minimum Gasteiger partial charge on any atom is -0.502 e. The lowest BCUT2D eigenvalue weighted by Gasteiger charge is -2.15. The highest BCUT2D eigenvalue weighted by atomic mass is 79.9. The summed E-state index contributed by atoms with van der Waals surface area (Å²) >= 11 is 3.49. The number of ether oxygens (including phenoxy) is 2. The van der Waals surface area contributed by atoms with Crippen molar-refractivity contribution in [3.8, 4) is 5.75 Å². The van der Waals surface area contributed by atoms with Gasteiger partial charge in [0, 0.05) is 6.04 Å². The first-order valence-electron chi connectivity index (χ1n) is 5.98. The van der Waals surface area contributed by atoms with E-state index >= 15 is 0 Å². The predicted octanol–water partition coefficient (Wildman–Crippen LogP) is 3.66. The molecule has 18 heavy (non-hydrogen) atoms. The first kappa shape index (κ1) is 15.1. The quantitative estimate of drug-likeness (QED) is 0.587. The van der Waals surface area contributed by atoms with Crippen molar-refractivity contribution in [1.29, 1.82) is 0 Å². The highest BCUT2D eigenvalue weighted by Crippen LogP contribution is 2.27. The summed E-state index contributed by atoms with van der Waals surface area (Å²) in [5, 5.41) is 3.45. The monoisotopic (exact) mass is 313 g/mol. The molecule has 0 spiro atoms. The number of hydrogen-bond donors (Lipinski definition) is 1. The van der Waals surface area contributed by atoms with Crippen molar-refractivity contribution >= 4 is 15.9 Å². The van der Waals surface area contributed by atoms with Gasteiger partial charge in [0.25, 0.3) is 0 Å². The average Bonchev–Trinajstić information content (AvgIpc) is 2.38. The minimum absolute atomic E-state index is 0.302. The Morgan fingerprint density at radius 1 is 1.50 bits per heavy atom. The molecule has 3 nitrogen and oxygen atoms in total. The number of hydrogen-bond acceptors (Lipinski definition) is 3. The van der Waals surface area contributed by atoms with Gasteiger partial charge in [-0.1, -0.05) is 12.6 Å². The van der Waals surface area contributed by atoms with Crippen LogP contribution in [-0.2, 0) is 4.74 Å². The zero-order valence-corrected chi connectivity index (χ0v) is 12.5. The molecular formula is C14H20BrNO2. The fourth-order valence-electron chi connectivity index (χ4n) is 1.63. The molecule has 1 aromatic rings. The van der Waals surface area contributed by atoms with Gasteiger partial charge in [-0.25, -0.2) is 0 Å². The summed E-state index contributed by atoms with van der Waals surface area (Å²) in [5.74, 6) is 0.852. The summed E-state index contributed by atoms with van der Waals surface area (Å²) in [6, 6.07) is 6.42. The topological polar surface area (TPSA) is 30.5 Å². The molecule has 0 saturated carbocycles. The van der Waals surface area contributed by atoms with Crippen LogP contribution in [0.5, 0.6) is 5.75 Å². The Morgan fingerprint density at radius 3 is 2.89 bits per heavy atom. The summed E-state index contributed by atoms with van der Waals surface area (Å²) in [4.78, 5) is 0. The van der Waals surface area contributed by atoms with E-state index in [9.17, 15) is 0 Å². The molecule has 0 aromatic heterocycles. The Morgan fingerprint density at radius 2 is 2.28 bits per heavy atom. The van der Waals surface area contributed by atoms with Crippen molar-refractivity contribution < 1.29 is 9.47 Å². The van der Waals surface area contributed by atoms with Gasteiger partial charge in [-0.2, -0.15) is 0 Å². The van der Waals surface area contributed by atoms with Crippen molar-refractivity contribution in [3.63, 3.8) is 0 Å². The maximum Gasteiger partial charge on any atom is 0.133 e. The molecule has 0 radical (unpaired) electrons. The first-order valence-corrected chi connectivity index (χ1v) is 6.77. The number of nitrogens with one attached hydrogen (secondary N) is 1. The smallest absolute Gasteiger partial charge is 0.133 e. The van der Waals surface area contributed by atoms with E-state index in [4.69, 9.17) is 9.47 Å². The number of halogens is 1. The van der Waals surface area contributed by atoms with Gasteiger partial charge in [-0.15, -0.1) is 0 Å². The Bertz CT molecular complexity index is 382. The maximum atomic E-state index is 5.21. The SMILES string of the molecule is C=COCCCNC(C)c1ccc(OC)c(Br)c1. The average molecular weight is 314 g/mol. The molecule has 1 aromatic carbocycles. The van der Waals surface area contributed by atoms with E-state index in [1.807, 2.05) is 6.07 Å². The molecule has 0 aliphatic rings. The molecule has 1 N–H and O–H groups in total. The van der Waals surface area contributed by atoms with E-state index in [-0.39, 0.29) is 0 Å². The van der Waals surface area contributed by atoms with Crippen molar-refractivity contribution in [3.05, 3.63) is 41.1 Å². The van der Waals surface area contributed by atoms with E-state index < -0.39 is 0 Å². The van der Waals surface area contributed by atoms with Crippen LogP contribution in [0.25, 0.3) is 0 Å². The van der Waals surface area contributed by atoms with Crippen LogP contribution < -0.4 is 10.1 Å². The molecule has 1 rings (SSSR count). The molecule has 1 unspecified atom stereocenters. The van der Waals surface area contributed by atoms with Gasteiger partial charge in [0.2, 0.25) is 0 Å². The van der Waals surface area contributed by atoms with Crippen molar-refractivity contribution in [2.75, 3.05) is 20.3 Å². The van der Waals surface area contributed by atoms with Crippen LogP contribution in [-0.4, -0.2) is 20.3 Å². The third-order valence-electron chi connectivity index (χ3n) is 2.68. The molecule has 0 heterocycles. The largest absolute Gasteiger partial charge is 0.502 e. The second kappa shape index (κ2) is 8.16. The van der Waals surface area contributed by atoms with Crippen LogP contribution in [0.4, 0.5) is 0 Å². The summed E-state index contributed by atoms with van der Waals surface area (Å²) in [6.45, 7) is 7.27. The Hall–Kier alpha value is -1.00. The molecule has 4 heteroatoms. The predicted molar refractivity (Wildman–Crippen MR) is 77.9 cm³/mol. The fourth-order valence-corrected chi connectivity index (χ4v) is 2.19. The molecule has 0 saturated heterocycles. The van der Waals surface area contributed by atoms with Crippen LogP contribution in [0.2, 0.25) is 0 Å². The first-order chi connectivity index (χ1) is 8.69. The summed E-state index contributed by atoms with van der Waals surface area (Å²) < 4.78 is 11.3. The Labute approximate surface area is 117 Å². The van der Waals surface area contributed by atoms with Crippen molar-refractivity contribution in [1.82, 2.24) is 5.32 Å². The zero-order valence-electron chi connectivity index (χ0n) is 10.9. The third-order valence-corrected chi connectivity index (χ3v) is 3.30. The summed E-state index contributed by atoms with van der Waals surface area (Å²) in [6.07, 6.45) is 2.44. The lowest BCUT2D eigenvalue weighted by Crippen LogP contribution is -2.20. The zero-order chi connectivity index (χ0) is 13.4. The third kappa shape index (κ3) is 4.70. The number of methoxy groups -OCH3 is 1. The lowest BCUT2D eigenvalue weighted by molar-refractivity contribution is 0.243. The van der Waals surface area contributed by atoms with Gasteiger partial charge < -0.3 is 14.8 Å². The van der Waals surface area contributed by atoms with Gasteiger partial charge in [-0.05, 0) is 53.5 Å². The van der Waals surface area contributed by atoms with Crippen LogP contribution in [0, 0.1) is 0 Å². The number of benzene rings is 1. The molecule has 1 atom stereocenters. The van der Waals surface area contributed by atoms with Gasteiger partial charge in [0.1, 0.15) is 5.75 Å². The standard InChI is InChI=1S/C14H20BrNO2/c1-4-18-9-5-8-16-11(2)12-6-7-14(17-3)13(15)10-12/h4,6-7,10-11,16H,1,5,8-9H2,2-3H3. The Balaban J connectivity index is 2.43. The second-order valence-electron chi connectivity index (χ2n) is 3.96. The maximum absolute atomic E-state index is 5.21.